The molecule has 1 unspecified atom stereocenters. The predicted molar refractivity (Wildman–Crippen MR) is 66.8 cm³/mol. The molecule has 1 heterocycles. The largest absolute Gasteiger partial charge is 0.324 e. The number of aromatic nitrogens is 1. The van der Waals surface area contributed by atoms with Crippen LogP contribution in [0.15, 0.2) is 34.2 Å². The fraction of sp³-hybridized carbons (Fsp3) is 0.182. The van der Waals surface area contributed by atoms with Gasteiger partial charge in [0, 0.05) is 28.5 Å². The summed E-state index contributed by atoms with van der Waals surface area (Å²) in [5.74, 6) is -0.267. The highest BCUT2D eigenvalue weighted by Gasteiger charge is 2.12. The molecule has 2 nitrogen and oxygen atoms in total. The Kier molecular flexibility index (Phi) is 3.68. The molecule has 0 saturated heterocycles. The van der Waals surface area contributed by atoms with Crippen LogP contribution in [0.3, 0.4) is 0 Å². The van der Waals surface area contributed by atoms with E-state index in [1.807, 2.05) is 5.38 Å². The van der Waals surface area contributed by atoms with E-state index in [0.717, 1.165) is 10.6 Å². The van der Waals surface area contributed by atoms with Gasteiger partial charge in [0.15, 0.2) is 0 Å². The third-order valence-electron chi connectivity index (χ3n) is 2.24. The lowest BCUT2D eigenvalue weighted by molar-refractivity contribution is 0.623. The molecule has 84 valence electrons. The van der Waals surface area contributed by atoms with Gasteiger partial charge in [-0.1, -0.05) is 22.0 Å². The van der Waals surface area contributed by atoms with E-state index in [2.05, 4.69) is 20.9 Å². The van der Waals surface area contributed by atoms with Crippen LogP contribution in [-0.2, 0) is 6.42 Å². The van der Waals surface area contributed by atoms with Crippen LogP contribution in [0, 0.1) is 5.82 Å². The van der Waals surface area contributed by atoms with Crippen LogP contribution >= 0.6 is 27.3 Å². The van der Waals surface area contributed by atoms with Gasteiger partial charge in [-0.25, -0.2) is 9.37 Å². The molecule has 1 aromatic heterocycles. The Hall–Kier alpha value is -0.780. The van der Waals surface area contributed by atoms with Crippen molar-refractivity contribution in [3.05, 3.63) is 50.6 Å². The highest BCUT2D eigenvalue weighted by atomic mass is 79.9. The fourth-order valence-corrected chi connectivity index (χ4v) is 2.78. The van der Waals surface area contributed by atoms with Gasteiger partial charge in [-0.3, -0.25) is 0 Å². The van der Waals surface area contributed by atoms with Crippen molar-refractivity contribution < 1.29 is 4.39 Å². The maximum absolute atomic E-state index is 12.9. The lowest BCUT2D eigenvalue weighted by atomic mass is 10.1. The van der Waals surface area contributed by atoms with E-state index in [1.54, 1.807) is 23.6 Å². The first-order valence-corrected chi connectivity index (χ1v) is 6.43. The molecule has 16 heavy (non-hydrogen) atoms. The molecule has 1 aromatic carbocycles. The molecule has 2 rings (SSSR count). The summed E-state index contributed by atoms with van der Waals surface area (Å²) in [7, 11) is 0. The Bertz CT molecular complexity index is 473. The Balaban J connectivity index is 2.17. The number of nitrogens with zero attached hydrogens (tertiary/aromatic N) is 1. The molecule has 2 aromatic rings. The topological polar surface area (TPSA) is 38.9 Å². The maximum Gasteiger partial charge on any atom is 0.124 e. The van der Waals surface area contributed by atoms with Crippen LogP contribution in [0.2, 0.25) is 0 Å². The monoisotopic (exact) mass is 300 g/mol. The van der Waals surface area contributed by atoms with Crippen molar-refractivity contribution in [1.29, 1.82) is 0 Å². The van der Waals surface area contributed by atoms with Gasteiger partial charge in [0.2, 0.25) is 0 Å². The summed E-state index contributed by atoms with van der Waals surface area (Å²) in [5, 5.41) is 2.91. The van der Waals surface area contributed by atoms with Crippen LogP contribution in [0.25, 0.3) is 0 Å². The van der Waals surface area contributed by atoms with E-state index >= 15 is 0 Å². The molecule has 1 atom stereocenters. The van der Waals surface area contributed by atoms with E-state index in [1.165, 1.54) is 12.1 Å². The molecular weight excluding hydrogens is 291 g/mol. The normalized spacial score (nSPS) is 12.7. The molecule has 0 bridgehead atoms. The second-order valence-electron chi connectivity index (χ2n) is 3.40. The van der Waals surface area contributed by atoms with Gasteiger partial charge in [0.1, 0.15) is 5.82 Å². The minimum absolute atomic E-state index is 0.166. The number of hydrogen-bond donors (Lipinski definition) is 1. The Labute approximate surface area is 105 Å². The van der Waals surface area contributed by atoms with E-state index in [9.17, 15) is 4.39 Å². The van der Waals surface area contributed by atoms with E-state index in [4.69, 9.17) is 5.73 Å². The number of rotatable bonds is 3. The Morgan fingerprint density at radius 2 is 2.31 bits per heavy atom. The van der Waals surface area contributed by atoms with Crippen molar-refractivity contribution in [3.63, 3.8) is 0 Å². The van der Waals surface area contributed by atoms with Gasteiger partial charge < -0.3 is 5.73 Å². The summed E-state index contributed by atoms with van der Waals surface area (Å²) in [6.07, 6.45) is 2.42. The second-order valence-corrected chi connectivity index (χ2v) is 5.24. The first-order valence-electron chi connectivity index (χ1n) is 4.75. The zero-order valence-corrected chi connectivity index (χ0v) is 10.8. The average Bonchev–Trinajstić information content (AvgIpc) is 2.70. The molecular formula is C11H10BrFN2S. The zero-order valence-electron chi connectivity index (χ0n) is 8.36. The molecule has 0 amide bonds. The number of benzene rings is 1. The lowest BCUT2D eigenvalue weighted by Crippen LogP contribution is -2.13. The van der Waals surface area contributed by atoms with Crippen LogP contribution in [-0.4, -0.2) is 4.98 Å². The van der Waals surface area contributed by atoms with Crippen molar-refractivity contribution in [2.75, 3.05) is 0 Å². The summed E-state index contributed by atoms with van der Waals surface area (Å²) < 4.78 is 13.6. The SMILES string of the molecule is NC(Cc1nccs1)c1ccc(F)cc1Br. The van der Waals surface area contributed by atoms with Gasteiger partial charge in [-0.15, -0.1) is 11.3 Å². The summed E-state index contributed by atoms with van der Waals surface area (Å²) in [5.41, 5.74) is 6.95. The lowest BCUT2D eigenvalue weighted by Gasteiger charge is -2.12. The molecule has 0 spiro atoms. The fourth-order valence-electron chi connectivity index (χ4n) is 1.45. The van der Waals surface area contributed by atoms with Crippen LogP contribution in [0.1, 0.15) is 16.6 Å². The second kappa shape index (κ2) is 5.03. The van der Waals surface area contributed by atoms with Crippen LogP contribution in [0.4, 0.5) is 4.39 Å². The summed E-state index contributed by atoms with van der Waals surface area (Å²) in [6.45, 7) is 0. The van der Waals surface area contributed by atoms with E-state index in [0.29, 0.717) is 10.9 Å². The Morgan fingerprint density at radius 1 is 1.50 bits per heavy atom. The molecule has 2 N–H and O–H groups in total. The predicted octanol–water partition coefficient (Wildman–Crippen LogP) is 3.29. The minimum atomic E-state index is -0.267. The van der Waals surface area contributed by atoms with Gasteiger partial charge in [0.05, 0.1) is 5.01 Å². The van der Waals surface area contributed by atoms with E-state index < -0.39 is 0 Å². The van der Waals surface area contributed by atoms with Gasteiger partial charge in [-0.2, -0.15) is 0 Å². The van der Waals surface area contributed by atoms with Gasteiger partial charge >= 0.3 is 0 Å². The summed E-state index contributed by atoms with van der Waals surface area (Å²) >= 11 is 4.89. The van der Waals surface area contributed by atoms with E-state index in [-0.39, 0.29) is 11.9 Å². The molecule has 0 saturated carbocycles. The molecule has 0 aliphatic rings. The standard InChI is InChI=1S/C11H10BrFN2S/c12-9-5-7(13)1-2-8(9)10(14)6-11-15-3-4-16-11/h1-5,10H,6,14H2. The third kappa shape index (κ3) is 2.66. The van der Waals surface area contributed by atoms with Crippen LogP contribution < -0.4 is 5.73 Å². The summed E-state index contributed by atoms with van der Waals surface area (Å²) in [4.78, 5) is 4.18. The average molecular weight is 301 g/mol. The quantitative estimate of drug-likeness (QED) is 0.945. The molecule has 5 heteroatoms. The molecule has 0 fully saturated rings. The highest BCUT2D eigenvalue weighted by Crippen LogP contribution is 2.25. The van der Waals surface area contributed by atoms with Crippen molar-refractivity contribution in [2.45, 2.75) is 12.5 Å². The van der Waals surface area contributed by atoms with Crippen molar-refractivity contribution in [3.8, 4) is 0 Å². The Morgan fingerprint density at radius 3 is 2.94 bits per heavy atom. The number of nitrogens with two attached hydrogens (primary N) is 1. The smallest absolute Gasteiger partial charge is 0.124 e. The molecule has 0 aliphatic heterocycles. The summed E-state index contributed by atoms with van der Waals surface area (Å²) in [6, 6.07) is 4.39. The van der Waals surface area contributed by atoms with Gasteiger partial charge in [-0.05, 0) is 17.7 Å². The third-order valence-corrected chi connectivity index (χ3v) is 3.73. The zero-order chi connectivity index (χ0) is 11.5. The first-order chi connectivity index (χ1) is 7.66. The van der Waals surface area contributed by atoms with Crippen molar-refractivity contribution >= 4 is 27.3 Å². The number of hydrogen-bond acceptors (Lipinski definition) is 3. The van der Waals surface area contributed by atoms with Crippen molar-refractivity contribution in [1.82, 2.24) is 4.98 Å². The highest BCUT2D eigenvalue weighted by molar-refractivity contribution is 9.10. The van der Waals surface area contributed by atoms with Crippen LogP contribution in [0.5, 0.6) is 0 Å². The first kappa shape index (κ1) is 11.7. The van der Waals surface area contributed by atoms with Gasteiger partial charge in [0.25, 0.3) is 0 Å². The minimum Gasteiger partial charge on any atom is -0.324 e. The number of thiazole rings is 1. The number of halogens is 2. The van der Waals surface area contributed by atoms with Crippen molar-refractivity contribution in [2.24, 2.45) is 5.73 Å². The molecule has 0 radical (unpaired) electrons. The maximum atomic E-state index is 12.9. The molecule has 0 aliphatic carbocycles.